The molecule has 2 aromatic rings. The van der Waals surface area contributed by atoms with Gasteiger partial charge in [0.15, 0.2) is 0 Å². The molecule has 0 unspecified atom stereocenters. The zero-order chi connectivity index (χ0) is 18.5. The largest absolute Gasteiger partial charge is 0.468 e. The van der Waals surface area contributed by atoms with E-state index < -0.39 is 4.92 Å². The van der Waals surface area contributed by atoms with Crippen LogP contribution >= 0.6 is 11.6 Å². The van der Waals surface area contributed by atoms with Crippen molar-refractivity contribution < 1.29 is 14.1 Å². The van der Waals surface area contributed by atoms with Crippen LogP contribution in [0.2, 0.25) is 5.02 Å². The second-order valence-corrected chi connectivity index (χ2v) is 6.51. The molecule has 0 bridgehead atoms. The van der Waals surface area contributed by atoms with Gasteiger partial charge in [0.25, 0.3) is 5.69 Å². The number of nitro groups is 1. The first-order chi connectivity index (χ1) is 12.5. The minimum absolute atomic E-state index is 0.0423. The lowest BCUT2D eigenvalue weighted by atomic mass is 10.2. The fourth-order valence-corrected chi connectivity index (χ4v) is 3.05. The van der Waals surface area contributed by atoms with Gasteiger partial charge in [0, 0.05) is 37.9 Å². The van der Waals surface area contributed by atoms with Crippen LogP contribution in [-0.2, 0) is 11.3 Å². The van der Waals surface area contributed by atoms with Gasteiger partial charge in [0.2, 0.25) is 5.91 Å². The van der Waals surface area contributed by atoms with Crippen molar-refractivity contribution in [2.45, 2.75) is 6.54 Å². The second kappa shape index (κ2) is 8.31. The maximum absolute atomic E-state index is 12.2. The lowest BCUT2D eigenvalue weighted by Gasteiger charge is -2.33. The molecule has 1 aliphatic rings. The average Bonchev–Trinajstić information content (AvgIpc) is 3.11. The molecule has 0 atom stereocenters. The number of nitro benzene ring substituents is 1. The van der Waals surface area contributed by atoms with E-state index in [1.54, 1.807) is 12.3 Å². The summed E-state index contributed by atoms with van der Waals surface area (Å²) in [5.41, 5.74) is 0.138. The molecule has 1 aromatic carbocycles. The summed E-state index contributed by atoms with van der Waals surface area (Å²) in [7, 11) is 0. The van der Waals surface area contributed by atoms with Crippen molar-refractivity contribution in [3.8, 4) is 0 Å². The third-order valence-electron chi connectivity index (χ3n) is 4.22. The van der Waals surface area contributed by atoms with E-state index in [-0.39, 0.29) is 23.2 Å². The molecule has 8 nitrogen and oxygen atoms in total. The van der Waals surface area contributed by atoms with Gasteiger partial charge in [0.05, 0.1) is 24.3 Å². The summed E-state index contributed by atoms with van der Waals surface area (Å²) < 4.78 is 5.35. The Morgan fingerprint density at radius 1 is 1.23 bits per heavy atom. The van der Waals surface area contributed by atoms with Crippen LogP contribution in [0, 0.1) is 10.1 Å². The second-order valence-electron chi connectivity index (χ2n) is 6.10. The summed E-state index contributed by atoms with van der Waals surface area (Å²) in [5, 5.41) is 13.6. The van der Waals surface area contributed by atoms with Crippen LogP contribution in [0.3, 0.4) is 0 Å². The Hall–Kier alpha value is -2.42. The maximum atomic E-state index is 12.2. The third-order valence-corrected chi connectivity index (χ3v) is 4.54. The molecular formula is C17H19ClN4O4. The highest BCUT2D eigenvalue weighted by atomic mass is 35.5. The Morgan fingerprint density at radius 3 is 2.62 bits per heavy atom. The zero-order valence-electron chi connectivity index (χ0n) is 14.1. The Kier molecular flexibility index (Phi) is 5.87. The van der Waals surface area contributed by atoms with Crippen LogP contribution in [0.25, 0.3) is 0 Å². The molecule has 0 radical (unpaired) electrons. The number of rotatable bonds is 6. The SMILES string of the molecule is O=C(CN1CCN(Cc2ccco2)CC1)Nc1ccc(Cl)c([N+](=O)[O-])c1. The van der Waals surface area contributed by atoms with Gasteiger partial charge in [-0.25, -0.2) is 0 Å². The van der Waals surface area contributed by atoms with E-state index in [2.05, 4.69) is 15.1 Å². The molecule has 1 aliphatic heterocycles. The van der Waals surface area contributed by atoms with E-state index in [0.717, 1.165) is 38.5 Å². The molecule has 138 valence electrons. The number of hydrogen-bond donors (Lipinski definition) is 1. The van der Waals surface area contributed by atoms with Crippen molar-refractivity contribution in [1.29, 1.82) is 0 Å². The van der Waals surface area contributed by atoms with Crippen molar-refractivity contribution in [2.75, 3.05) is 38.0 Å². The average molecular weight is 379 g/mol. The first-order valence-electron chi connectivity index (χ1n) is 8.22. The van der Waals surface area contributed by atoms with Crippen LogP contribution in [0.15, 0.2) is 41.0 Å². The summed E-state index contributed by atoms with van der Waals surface area (Å²) in [4.78, 5) is 26.9. The van der Waals surface area contributed by atoms with Crippen molar-refractivity contribution in [3.63, 3.8) is 0 Å². The minimum atomic E-state index is -0.573. The van der Waals surface area contributed by atoms with Gasteiger partial charge < -0.3 is 9.73 Å². The fourth-order valence-electron chi connectivity index (χ4n) is 2.86. The van der Waals surface area contributed by atoms with Gasteiger partial charge in [0.1, 0.15) is 10.8 Å². The van der Waals surface area contributed by atoms with E-state index in [4.69, 9.17) is 16.0 Å². The molecule has 0 saturated carbocycles. The number of carbonyl (C=O) groups excluding carboxylic acids is 1. The Bertz CT molecular complexity index is 773. The van der Waals surface area contributed by atoms with E-state index in [0.29, 0.717) is 5.69 Å². The van der Waals surface area contributed by atoms with E-state index >= 15 is 0 Å². The summed E-state index contributed by atoms with van der Waals surface area (Å²) in [6, 6.07) is 8.04. The predicted octanol–water partition coefficient (Wildman–Crippen LogP) is 2.60. The lowest BCUT2D eigenvalue weighted by molar-refractivity contribution is -0.384. The van der Waals surface area contributed by atoms with Gasteiger partial charge >= 0.3 is 0 Å². The van der Waals surface area contributed by atoms with E-state index in [9.17, 15) is 14.9 Å². The van der Waals surface area contributed by atoms with Crippen molar-refractivity contribution in [1.82, 2.24) is 9.80 Å². The molecule has 1 aromatic heterocycles. The molecule has 3 rings (SSSR count). The minimum Gasteiger partial charge on any atom is -0.468 e. The normalized spacial score (nSPS) is 15.7. The number of nitrogens with zero attached hydrogens (tertiary/aromatic N) is 3. The molecule has 1 saturated heterocycles. The Balaban J connectivity index is 1.47. The molecule has 2 heterocycles. The van der Waals surface area contributed by atoms with Gasteiger partial charge in [-0.2, -0.15) is 0 Å². The fraction of sp³-hybridized carbons (Fsp3) is 0.353. The number of piperazine rings is 1. The third kappa shape index (κ3) is 4.81. The summed E-state index contributed by atoms with van der Waals surface area (Å²) in [6.07, 6.45) is 1.66. The van der Waals surface area contributed by atoms with E-state index in [1.807, 2.05) is 12.1 Å². The highest BCUT2D eigenvalue weighted by molar-refractivity contribution is 6.32. The van der Waals surface area contributed by atoms with Crippen LogP contribution in [0.1, 0.15) is 5.76 Å². The molecule has 1 N–H and O–H groups in total. The number of halogens is 1. The van der Waals surface area contributed by atoms with Crippen LogP contribution in [0.5, 0.6) is 0 Å². The number of carbonyl (C=O) groups is 1. The first-order valence-corrected chi connectivity index (χ1v) is 8.60. The molecule has 0 aliphatic carbocycles. The van der Waals surface area contributed by atoms with Crippen molar-refractivity contribution in [3.05, 3.63) is 57.5 Å². The summed E-state index contributed by atoms with van der Waals surface area (Å²) >= 11 is 5.77. The number of hydrogen-bond acceptors (Lipinski definition) is 6. The maximum Gasteiger partial charge on any atom is 0.289 e. The molecular weight excluding hydrogens is 360 g/mol. The monoisotopic (exact) mass is 378 g/mol. The smallest absolute Gasteiger partial charge is 0.289 e. The van der Waals surface area contributed by atoms with Crippen molar-refractivity contribution in [2.24, 2.45) is 0 Å². The van der Waals surface area contributed by atoms with Crippen LogP contribution in [-0.4, -0.2) is 53.4 Å². The Morgan fingerprint density at radius 2 is 1.96 bits per heavy atom. The first kappa shape index (κ1) is 18.4. The predicted molar refractivity (Wildman–Crippen MR) is 97.2 cm³/mol. The zero-order valence-corrected chi connectivity index (χ0v) is 14.8. The van der Waals surface area contributed by atoms with Crippen LogP contribution in [0.4, 0.5) is 11.4 Å². The van der Waals surface area contributed by atoms with Gasteiger partial charge in [-0.3, -0.25) is 24.7 Å². The number of nitrogens with one attached hydrogen (secondary N) is 1. The quantitative estimate of drug-likeness (QED) is 0.613. The topological polar surface area (TPSA) is 91.9 Å². The molecule has 26 heavy (non-hydrogen) atoms. The standard InChI is InChI=1S/C17H19ClN4O4/c18-15-4-3-13(10-16(15)22(24)25)19-17(23)12-21-7-5-20(6-8-21)11-14-2-1-9-26-14/h1-4,9-10H,5-8,11-12H2,(H,19,23). The molecule has 0 spiro atoms. The lowest BCUT2D eigenvalue weighted by Crippen LogP contribution is -2.48. The van der Waals surface area contributed by atoms with Gasteiger partial charge in [-0.05, 0) is 24.3 Å². The number of anilines is 1. The summed E-state index contributed by atoms with van der Waals surface area (Å²) in [6.45, 7) is 4.25. The number of benzene rings is 1. The Labute approximate surface area is 155 Å². The van der Waals surface area contributed by atoms with Crippen LogP contribution < -0.4 is 5.32 Å². The van der Waals surface area contributed by atoms with E-state index in [1.165, 1.54) is 12.1 Å². The van der Waals surface area contributed by atoms with Crippen molar-refractivity contribution >= 4 is 28.9 Å². The highest BCUT2D eigenvalue weighted by Gasteiger charge is 2.20. The molecule has 1 fully saturated rings. The number of amides is 1. The summed E-state index contributed by atoms with van der Waals surface area (Å²) in [5.74, 6) is 0.724. The highest BCUT2D eigenvalue weighted by Crippen LogP contribution is 2.27. The van der Waals surface area contributed by atoms with Gasteiger partial charge in [-0.15, -0.1) is 0 Å². The molecule has 1 amide bonds. The van der Waals surface area contributed by atoms with Gasteiger partial charge in [-0.1, -0.05) is 11.6 Å². The molecule has 9 heteroatoms. The number of furan rings is 1.